The molecule has 6 nitrogen and oxygen atoms in total. The van der Waals surface area contributed by atoms with Crippen LogP contribution in [0.2, 0.25) is 5.02 Å². The Labute approximate surface area is 147 Å². The van der Waals surface area contributed by atoms with Crippen molar-refractivity contribution in [3.8, 4) is 0 Å². The quantitative estimate of drug-likeness (QED) is 0.488. The van der Waals surface area contributed by atoms with Gasteiger partial charge in [0.2, 0.25) is 0 Å². The molecule has 0 aliphatic carbocycles. The Morgan fingerprint density at radius 2 is 1.92 bits per heavy atom. The van der Waals surface area contributed by atoms with Crippen molar-refractivity contribution in [1.82, 2.24) is 10.3 Å². The van der Waals surface area contributed by atoms with Crippen molar-refractivity contribution in [3.05, 3.63) is 58.9 Å². The van der Waals surface area contributed by atoms with Gasteiger partial charge in [0, 0.05) is 28.7 Å². The minimum absolute atomic E-state index is 0.00336. The number of rotatable bonds is 2. The first kappa shape index (κ1) is 16.1. The van der Waals surface area contributed by atoms with Gasteiger partial charge in [0.15, 0.2) is 5.11 Å². The first-order valence-electron chi connectivity index (χ1n) is 6.84. The van der Waals surface area contributed by atoms with E-state index in [1.165, 1.54) is 23.4 Å². The summed E-state index contributed by atoms with van der Waals surface area (Å²) in [5, 5.41) is 3.03. The molecule has 0 unspecified atom stereocenters. The van der Waals surface area contributed by atoms with Gasteiger partial charge in [-0.05, 0) is 48.6 Å². The lowest BCUT2D eigenvalue weighted by atomic mass is 10.1. The predicted molar refractivity (Wildman–Crippen MR) is 96.3 cm³/mol. The van der Waals surface area contributed by atoms with Gasteiger partial charge in [0.05, 0.1) is 5.69 Å². The maximum absolute atomic E-state index is 12.8. The molecule has 1 fully saturated rings. The number of carbonyl (C=O) groups excluding carboxylic acids is 2. The normalized spacial score (nSPS) is 16.5. The Morgan fingerprint density at radius 3 is 2.58 bits per heavy atom. The van der Waals surface area contributed by atoms with Crippen LogP contribution in [0.5, 0.6) is 0 Å². The van der Waals surface area contributed by atoms with Gasteiger partial charge in [0.1, 0.15) is 5.57 Å². The molecular formula is C16H11ClN4O2S. The smallest absolute Gasteiger partial charge is 0.270 e. The van der Waals surface area contributed by atoms with Crippen LogP contribution in [0.15, 0.2) is 48.3 Å². The maximum atomic E-state index is 12.8. The van der Waals surface area contributed by atoms with E-state index < -0.39 is 11.8 Å². The van der Waals surface area contributed by atoms with Gasteiger partial charge in [-0.25, -0.2) is 0 Å². The first-order chi connectivity index (χ1) is 11.5. The molecule has 0 saturated carbocycles. The zero-order valence-electron chi connectivity index (χ0n) is 12.2. The number of pyridine rings is 1. The van der Waals surface area contributed by atoms with Crippen molar-refractivity contribution in [3.63, 3.8) is 0 Å². The average molecular weight is 359 g/mol. The molecule has 24 heavy (non-hydrogen) atoms. The molecule has 1 aliphatic heterocycles. The van der Waals surface area contributed by atoms with Gasteiger partial charge < -0.3 is 5.73 Å². The molecule has 3 N–H and O–H groups in total. The molecular weight excluding hydrogens is 348 g/mol. The van der Waals surface area contributed by atoms with Crippen molar-refractivity contribution < 1.29 is 9.59 Å². The molecule has 1 aliphatic rings. The van der Waals surface area contributed by atoms with E-state index in [1.807, 2.05) is 0 Å². The minimum atomic E-state index is -0.585. The zero-order valence-corrected chi connectivity index (χ0v) is 13.8. The van der Waals surface area contributed by atoms with E-state index in [9.17, 15) is 9.59 Å². The number of carbonyl (C=O) groups is 2. The molecule has 0 spiro atoms. The molecule has 120 valence electrons. The number of nitrogens with two attached hydrogens (primary N) is 1. The largest absolute Gasteiger partial charge is 0.398 e. The maximum Gasteiger partial charge on any atom is 0.270 e. The highest BCUT2D eigenvalue weighted by Gasteiger charge is 2.34. The summed E-state index contributed by atoms with van der Waals surface area (Å²) in [6, 6.07) is 8.12. The van der Waals surface area contributed by atoms with Crippen molar-refractivity contribution in [2.45, 2.75) is 0 Å². The lowest BCUT2D eigenvalue weighted by molar-refractivity contribution is -0.122. The summed E-state index contributed by atoms with van der Waals surface area (Å²) < 4.78 is 0. The fourth-order valence-electron chi connectivity index (χ4n) is 2.18. The van der Waals surface area contributed by atoms with Crippen LogP contribution in [0.1, 0.15) is 5.56 Å². The summed E-state index contributed by atoms with van der Waals surface area (Å²) in [7, 11) is 0. The highest BCUT2D eigenvalue weighted by Crippen LogP contribution is 2.24. The second-order valence-corrected chi connectivity index (χ2v) is 5.76. The fourth-order valence-corrected chi connectivity index (χ4v) is 2.58. The lowest BCUT2D eigenvalue weighted by Gasteiger charge is -2.29. The molecule has 2 aromatic rings. The number of halogens is 1. The van der Waals surface area contributed by atoms with E-state index in [1.54, 1.807) is 30.3 Å². The number of amides is 2. The van der Waals surface area contributed by atoms with Crippen LogP contribution < -0.4 is 16.0 Å². The number of anilines is 2. The van der Waals surface area contributed by atoms with Crippen molar-refractivity contribution in [2.75, 3.05) is 10.6 Å². The first-order valence-corrected chi connectivity index (χ1v) is 7.62. The summed E-state index contributed by atoms with van der Waals surface area (Å²) in [4.78, 5) is 30.1. The summed E-state index contributed by atoms with van der Waals surface area (Å²) >= 11 is 11.0. The summed E-state index contributed by atoms with van der Waals surface area (Å²) in [5.41, 5.74) is 7.13. The van der Waals surface area contributed by atoms with E-state index in [0.29, 0.717) is 22.0 Å². The van der Waals surface area contributed by atoms with Crippen LogP contribution in [-0.2, 0) is 9.59 Å². The number of nitrogens with one attached hydrogen (secondary N) is 1. The Hall–Kier alpha value is -2.77. The van der Waals surface area contributed by atoms with Crippen LogP contribution in [-0.4, -0.2) is 21.9 Å². The molecule has 1 saturated heterocycles. The van der Waals surface area contributed by atoms with Crippen LogP contribution in [0.4, 0.5) is 11.4 Å². The van der Waals surface area contributed by atoms with E-state index in [-0.39, 0.29) is 10.7 Å². The molecule has 1 aromatic carbocycles. The SMILES string of the molecule is Nc1ccncc1C=C1C(=O)NC(=S)N(c2ccc(Cl)cc2)C1=O. The third-order valence-electron chi connectivity index (χ3n) is 3.37. The highest BCUT2D eigenvalue weighted by atomic mass is 35.5. The number of hydrogen-bond acceptors (Lipinski definition) is 5. The Bertz CT molecular complexity index is 880. The van der Waals surface area contributed by atoms with E-state index in [0.717, 1.165) is 0 Å². The van der Waals surface area contributed by atoms with Crippen molar-refractivity contribution in [2.24, 2.45) is 0 Å². The molecule has 8 heteroatoms. The second kappa shape index (κ2) is 6.38. The monoisotopic (exact) mass is 358 g/mol. The Balaban J connectivity index is 2.03. The van der Waals surface area contributed by atoms with Gasteiger partial charge >= 0.3 is 0 Å². The summed E-state index contributed by atoms with van der Waals surface area (Å²) in [5.74, 6) is -1.13. The second-order valence-electron chi connectivity index (χ2n) is 4.94. The highest BCUT2D eigenvalue weighted by molar-refractivity contribution is 7.80. The molecule has 0 atom stereocenters. The third kappa shape index (κ3) is 2.99. The topological polar surface area (TPSA) is 88.3 Å². The minimum Gasteiger partial charge on any atom is -0.398 e. The molecule has 0 radical (unpaired) electrons. The van der Waals surface area contributed by atoms with E-state index in [4.69, 9.17) is 29.6 Å². The fraction of sp³-hybridized carbons (Fsp3) is 0. The summed E-state index contributed by atoms with van der Waals surface area (Å²) in [6.07, 6.45) is 4.39. The lowest BCUT2D eigenvalue weighted by Crippen LogP contribution is -2.54. The molecule has 3 rings (SSSR count). The molecule has 0 bridgehead atoms. The average Bonchev–Trinajstić information content (AvgIpc) is 2.54. The molecule has 2 heterocycles. The van der Waals surface area contributed by atoms with E-state index >= 15 is 0 Å². The van der Waals surface area contributed by atoms with Crippen LogP contribution in [0.3, 0.4) is 0 Å². The molecule has 1 aromatic heterocycles. The zero-order chi connectivity index (χ0) is 17.3. The molecule has 2 amide bonds. The summed E-state index contributed by atoms with van der Waals surface area (Å²) in [6.45, 7) is 0. The van der Waals surface area contributed by atoms with Gasteiger partial charge in [-0.15, -0.1) is 0 Å². The Morgan fingerprint density at radius 1 is 1.21 bits per heavy atom. The van der Waals surface area contributed by atoms with Gasteiger partial charge in [0.25, 0.3) is 11.8 Å². The van der Waals surface area contributed by atoms with Crippen molar-refractivity contribution in [1.29, 1.82) is 0 Å². The number of nitrogen functional groups attached to an aromatic ring is 1. The number of aromatic nitrogens is 1. The number of benzene rings is 1. The number of hydrogen-bond donors (Lipinski definition) is 2. The van der Waals surface area contributed by atoms with E-state index in [2.05, 4.69) is 10.3 Å². The van der Waals surface area contributed by atoms with Gasteiger partial charge in [-0.3, -0.25) is 24.8 Å². The Kier molecular flexibility index (Phi) is 4.28. The van der Waals surface area contributed by atoms with Gasteiger partial charge in [-0.2, -0.15) is 0 Å². The predicted octanol–water partition coefficient (Wildman–Crippen LogP) is 2.15. The van der Waals surface area contributed by atoms with Crippen LogP contribution in [0.25, 0.3) is 6.08 Å². The number of thiocarbonyl (C=S) groups is 1. The van der Waals surface area contributed by atoms with Gasteiger partial charge in [-0.1, -0.05) is 11.6 Å². The van der Waals surface area contributed by atoms with Crippen molar-refractivity contribution >= 4 is 58.2 Å². The standard InChI is InChI=1S/C16H11ClN4O2S/c17-10-1-3-11(4-2-10)21-15(23)12(14(22)20-16(21)24)7-9-8-19-6-5-13(9)18/h1-8H,(H2,18,19)(H,20,22,24). The number of nitrogens with zero attached hydrogens (tertiary/aromatic N) is 2. The van der Waals surface area contributed by atoms with Crippen LogP contribution in [0, 0.1) is 0 Å². The van der Waals surface area contributed by atoms with Crippen LogP contribution >= 0.6 is 23.8 Å². The third-order valence-corrected chi connectivity index (χ3v) is 3.91.